The maximum absolute atomic E-state index is 6.29. The number of hydrogen-bond donors (Lipinski definition) is 0. The van der Waals surface area contributed by atoms with Crippen molar-refractivity contribution in [2.45, 2.75) is 0 Å². The van der Waals surface area contributed by atoms with Crippen LogP contribution in [0.3, 0.4) is 0 Å². The first-order valence-corrected chi connectivity index (χ1v) is 13.5. The normalized spacial score (nSPS) is 11.5. The van der Waals surface area contributed by atoms with Crippen LogP contribution >= 0.6 is 0 Å². The first-order chi connectivity index (χ1) is 19.8. The highest BCUT2D eigenvalue weighted by Crippen LogP contribution is 2.37. The van der Waals surface area contributed by atoms with Crippen LogP contribution in [-0.4, -0.2) is 9.55 Å². The number of imidazole rings is 1. The first-order valence-electron chi connectivity index (χ1n) is 13.5. The van der Waals surface area contributed by atoms with Crippen molar-refractivity contribution in [3.8, 4) is 39.3 Å². The lowest BCUT2D eigenvalue weighted by Crippen LogP contribution is -1.97. The molecule has 0 fully saturated rings. The standard InChI is InChI=1S/C37H24N2O/c1-2-9-25(10-3-1)26-21-23-29(24-22-26)39-34-15-6-5-14-33(34)38-37(39)28-19-17-27(18-20-28)30-12-8-13-32-31-11-4-7-16-35(31)40-36(30)32/h1-24H. The van der Waals surface area contributed by atoms with Crippen molar-refractivity contribution >= 4 is 33.0 Å². The smallest absolute Gasteiger partial charge is 0.145 e. The van der Waals surface area contributed by atoms with Crippen LogP contribution in [0, 0.1) is 0 Å². The summed E-state index contributed by atoms with van der Waals surface area (Å²) in [6.45, 7) is 0. The molecule has 0 saturated carbocycles. The molecule has 6 aromatic carbocycles. The Balaban J connectivity index is 1.23. The number of para-hydroxylation sites is 4. The van der Waals surface area contributed by atoms with Gasteiger partial charge in [0.2, 0.25) is 0 Å². The van der Waals surface area contributed by atoms with E-state index in [4.69, 9.17) is 9.40 Å². The van der Waals surface area contributed by atoms with Gasteiger partial charge in [-0.3, -0.25) is 4.57 Å². The highest BCUT2D eigenvalue weighted by molar-refractivity contribution is 6.09. The Bertz CT molecular complexity index is 2130. The molecule has 0 bridgehead atoms. The summed E-state index contributed by atoms with van der Waals surface area (Å²) in [5.41, 5.74) is 10.6. The molecule has 0 aliphatic carbocycles. The maximum atomic E-state index is 6.29. The minimum absolute atomic E-state index is 0.911. The second kappa shape index (κ2) is 9.11. The van der Waals surface area contributed by atoms with E-state index in [9.17, 15) is 0 Å². The Labute approximate surface area is 231 Å². The Morgan fingerprint density at radius 1 is 0.475 bits per heavy atom. The quantitative estimate of drug-likeness (QED) is 0.235. The minimum Gasteiger partial charge on any atom is -0.455 e. The summed E-state index contributed by atoms with van der Waals surface area (Å²) in [7, 11) is 0. The molecule has 3 nitrogen and oxygen atoms in total. The van der Waals surface area contributed by atoms with Crippen LogP contribution < -0.4 is 0 Å². The van der Waals surface area contributed by atoms with Crippen LogP contribution in [0.5, 0.6) is 0 Å². The molecule has 0 aliphatic heterocycles. The molecule has 2 heterocycles. The molecule has 188 valence electrons. The summed E-state index contributed by atoms with van der Waals surface area (Å²) in [4.78, 5) is 5.07. The third-order valence-electron chi connectivity index (χ3n) is 7.65. The lowest BCUT2D eigenvalue weighted by molar-refractivity contribution is 0.670. The number of furan rings is 1. The molecule has 8 rings (SSSR count). The Morgan fingerprint density at radius 3 is 1.98 bits per heavy atom. The average Bonchev–Trinajstić information content (AvgIpc) is 3.61. The fourth-order valence-corrected chi connectivity index (χ4v) is 5.69. The predicted molar refractivity (Wildman–Crippen MR) is 165 cm³/mol. The van der Waals surface area contributed by atoms with Gasteiger partial charge in [-0.05, 0) is 47.0 Å². The molecule has 0 saturated heterocycles. The van der Waals surface area contributed by atoms with E-state index in [0.29, 0.717) is 0 Å². The van der Waals surface area contributed by atoms with E-state index in [1.807, 2.05) is 24.3 Å². The van der Waals surface area contributed by atoms with Crippen LogP contribution in [0.2, 0.25) is 0 Å². The molecule has 0 atom stereocenters. The molecule has 0 amide bonds. The number of nitrogens with zero attached hydrogens (tertiary/aromatic N) is 2. The second-order valence-corrected chi connectivity index (χ2v) is 10.0. The molecular weight excluding hydrogens is 488 g/mol. The summed E-state index contributed by atoms with van der Waals surface area (Å²) in [6, 6.07) is 50.7. The van der Waals surface area contributed by atoms with Crippen LogP contribution in [0.1, 0.15) is 0 Å². The number of hydrogen-bond acceptors (Lipinski definition) is 2. The summed E-state index contributed by atoms with van der Waals surface area (Å²) in [6.07, 6.45) is 0. The third kappa shape index (κ3) is 3.63. The van der Waals surface area contributed by atoms with E-state index in [1.54, 1.807) is 0 Å². The van der Waals surface area contributed by atoms with Gasteiger partial charge in [-0.25, -0.2) is 4.98 Å². The van der Waals surface area contributed by atoms with Crippen molar-refractivity contribution in [3.63, 3.8) is 0 Å². The SMILES string of the molecule is c1ccc(-c2ccc(-n3c(-c4ccc(-c5cccc6c5oc5ccccc56)cc4)nc4ccccc43)cc2)cc1. The molecule has 0 radical (unpaired) electrons. The zero-order valence-corrected chi connectivity index (χ0v) is 21.7. The second-order valence-electron chi connectivity index (χ2n) is 10.0. The lowest BCUT2D eigenvalue weighted by atomic mass is 10.0. The molecule has 0 spiro atoms. The van der Waals surface area contributed by atoms with Gasteiger partial charge in [0.1, 0.15) is 17.0 Å². The molecule has 2 aromatic heterocycles. The number of fused-ring (bicyclic) bond motifs is 4. The number of benzene rings is 6. The van der Waals surface area contributed by atoms with Gasteiger partial charge in [-0.2, -0.15) is 0 Å². The Kier molecular flexibility index (Phi) is 5.14. The van der Waals surface area contributed by atoms with Gasteiger partial charge in [-0.15, -0.1) is 0 Å². The van der Waals surface area contributed by atoms with Gasteiger partial charge in [0.15, 0.2) is 0 Å². The van der Waals surface area contributed by atoms with E-state index in [2.05, 4.69) is 126 Å². The van der Waals surface area contributed by atoms with Gasteiger partial charge in [0.25, 0.3) is 0 Å². The van der Waals surface area contributed by atoms with E-state index >= 15 is 0 Å². The summed E-state index contributed by atoms with van der Waals surface area (Å²) < 4.78 is 8.54. The predicted octanol–water partition coefficient (Wildman–Crippen LogP) is 9.93. The van der Waals surface area contributed by atoms with Gasteiger partial charge < -0.3 is 4.42 Å². The van der Waals surface area contributed by atoms with Crippen molar-refractivity contribution in [1.29, 1.82) is 0 Å². The van der Waals surface area contributed by atoms with Crippen molar-refractivity contribution in [3.05, 3.63) is 146 Å². The van der Waals surface area contributed by atoms with E-state index in [1.165, 1.54) is 11.1 Å². The summed E-state index contributed by atoms with van der Waals surface area (Å²) in [5.74, 6) is 0.919. The zero-order chi connectivity index (χ0) is 26.5. The van der Waals surface area contributed by atoms with Crippen molar-refractivity contribution in [2.75, 3.05) is 0 Å². The number of rotatable bonds is 4. The van der Waals surface area contributed by atoms with Gasteiger partial charge in [0, 0.05) is 27.6 Å². The summed E-state index contributed by atoms with van der Waals surface area (Å²) in [5, 5.41) is 2.28. The summed E-state index contributed by atoms with van der Waals surface area (Å²) >= 11 is 0. The average molecular weight is 513 g/mol. The molecule has 0 aliphatic rings. The van der Waals surface area contributed by atoms with Crippen molar-refractivity contribution < 1.29 is 4.42 Å². The minimum atomic E-state index is 0.911. The van der Waals surface area contributed by atoms with Crippen LogP contribution in [0.15, 0.2) is 150 Å². The van der Waals surface area contributed by atoms with E-state index in [0.717, 1.165) is 61.2 Å². The molecule has 8 aromatic rings. The fraction of sp³-hybridized carbons (Fsp3) is 0. The highest BCUT2D eigenvalue weighted by Gasteiger charge is 2.16. The molecule has 40 heavy (non-hydrogen) atoms. The van der Waals surface area contributed by atoms with Crippen molar-refractivity contribution in [1.82, 2.24) is 9.55 Å². The largest absolute Gasteiger partial charge is 0.455 e. The molecule has 0 unspecified atom stereocenters. The van der Waals surface area contributed by atoms with Crippen molar-refractivity contribution in [2.24, 2.45) is 0 Å². The fourth-order valence-electron chi connectivity index (χ4n) is 5.69. The zero-order valence-electron chi connectivity index (χ0n) is 21.7. The highest BCUT2D eigenvalue weighted by atomic mass is 16.3. The third-order valence-corrected chi connectivity index (χ3v) is 7.65. The topological polar surface area (TPSA) is 31.0 Å². The van der Waals surface area contributed by atoms with E-state index < -0.39 is 0 Å². The molecule has 3 heteroatoms. The molecular formula is C37H24N2O. The Hall–Kier alpha value is -5.41. The van der Waals surface area contributed by atoms with Crippen LogP contribution in [0.25, 0.3) is 72.3 Å². The van der Waals surface area contributed by atoms with Gasteiger partial charge in [-0.1, -0.05) is 115 Å². The molecule has 0 N–H and O–H groups in total. The van der Waals surface area contributed by atoms with Crippen LogP contribution in [-0.2, 0) is 0 Å². The maximum Gasteiger partial charge on any atom is 0.145 e. The lowest BCUT2D eigenvalue weighted by Gasteiger charge is -2.11. The first kappa shape index (κ1) is 22.6. The van der Waals surface area contributed by atoms with Crippen LogP contribution in [0.4, 0.5) is 0 Å². The monoisotopic (exact) mass is 512 g/mol. The van der Waals surface area contributed by atoms with E-state index in [-0.39, 0.29) is 0 Å². The Morgan fingerprint density at radius 2 is 1.12 bits per heavy atom. The number of aromatic nitrogens is 2. The van der Waals surface area contributed by atoms with Gasteiger partial charge in [0.05, 0.1) is 11.0 Å². The van der Waals surface area contributed by atoms with Gasteiger partial charge >= 0.3 is 0 Å².